The van der Waals surface area contributed by atoms with Crippen molar-refractivity contribution in [1.82, 2.24) is 14.5 Å². The third-order valence-corrected chi connectivity index (χ3v) is 8.62. The van der Waals surface area contributed by atoms with Gasteiger partial charge in [0.2, 0.25) is 15.9 Å². The van der Waals surface area contributed by atoms with Gasteiger partial charge in [-0.25, -0.2) is 13.2 Å². The van der Waals surface area contributed by atoms with Crippen LogP contribution in [0.3, 0.4) is 0 Å². The highest BCUT2D eigenvalue weighted by molar-refractivity contribution is 7.89. The van der Waals surface area contributed by atoms with Crippen molar-refractivity contribution in [3.63, 3.8) is 0 Å². The van der Waals surface area contributed by atoms with Crippen LogP contribution < -0.4 is 15.4 Å². The molecule has 1 aliphatic carbocycles. The Kier molecular flexibility index (Phi) is 6.83. The third kappa shape index (κ3) is 4.62. The number of carbonyl (C=O) groups excluding carboxylic acids is 3. The van der Waals surface area contributed by atoms with Crippen LogP contribution in [0.15, 0.2) is 23.1 Å². The van der Waals surface area contributed by atoms with Gasteiger partial charge in [0.05, 0.1) is 30.9 Å². The predicted molar refractivity (Wildman–Crippen MR) is 122 cm³/mol. The Morgan fingerprint density at radius 2 is 1.91 bits per heavy atom. The number of benzene rings is 1. The van der Waals surface area contributed by atoms with Crippen LogP contribution in [0.1, 0.15) is 32.6 Å². The molecule has 3 aliphatic rings. The molecular weight excluding hydrogens is 464 g/mol. The van der Waals surface area contributed by atoms with Gasteiger partial charge in [-0.3, -0.25) is 14.5 Å². The fraction of sp³-hybridized carbons (Fsp3) is 0.591. The number of carbonyl (C=O) groups is 3. The molecule has 0 unspecified atom stereocenters. The molecule has 12 heteroatoms. The summed E-state index contributed by atoms with van der Waals surface area (Å²) in [6.45, 7) is 2.73. The van der Waals surface area contributed by atoms with Crippen molar-refractivity contribution >= 4 is 33.6 Å². The van der Waals surface area contributed by atoms with E-state index >= 15 is 0 Å². The van der Waals surface area contributed by atoms with E-state index in [0.29, 0.717) is 32.0 Å². The number of methoxy groups -OCH3 is 1. The molecule has 1 saturated carbocycles. The normalized spacial score (nSPS) is 25.9. The van der Waals surface area contributed by atoms with Crippen LogP contribution in [0.25, 0.3) is 0 Å². The molecule has 0 aromatic heterocycles. The van der Waals surface area contributed by atoms with Gasteiger partial charge in [-0.05, 0) is 49.8 Å². The third-order valence-electron chi connectivity index (χ3n) is 6.73. The number of hydrogen-bond donors (Lipinski definition) is 2. The number of sulfonamides is 1. The molecule has 2 N–H and O–H groups in total. The number of hydrogen-bond acceptors (Lipinski definition) is 7. The monoisotopic (exact) mass is 494 g/mol. The average Bonchev–Trinajstić information content (AvgIpc) is 3.05. The maximum Gasteiger partial charge on any atom is 0.325 e. The van der Waals surface area contributed by atoms with E-state index in [9.17, 15) is 22.8 Å². The summed E-state index contributed by atoms with van der Waals surface area (Å²) in [6, 6.07) is 3.59. The minimum Gasteiger partial charge on any atom is -0.495 e. The van der Waals surface area contributed by atoms with E-state index in [2.05, 4.69) is 17.6 Å². The molecule has 2 heterocycles. The number of rotatable bonds is 6. The summed E-state index contributed by atoms with van der Waals surface area (Å²) in [6.07, 6.45) is 2.75. The Morgan fingerprint density at radius 3 is 2.56 bits per heavy atom. The summed E-state index contributed by atoms with van der Waals surface area (Å²) in [4.78, 5) is 39.2. The van der Waals surface area contributed by atoms with E-state index in [4.69, 9.17) is 9.47 Å². The summed E-state index contributed by atoms with van der Waals surface area (Å²) in [7, 11) is -2.40. The zero-order valence-electron chi connectivity index (χ0n) is 19.3. The van der Waals surface area contributed by atoms with Crippen molar-refractivity contribution < 1.29 is 32.3 Å². The van der Waals surface area contributed by atoms with Gasteiger partial charge in [0.15, 0.2) is 0 Å². The molecule has 186 valence electrons. The second-order valence-electron chi connectivity index (χ2n) is 9.01. The summed E-state index contributed by atoms with van der Waals surface area (Å²) < 4.78 is 37.8. The number of anilines is 1. The molecular formula is C22H30N4O7S. The van der Waals surface area contributed by atoms with Crippen LogP contribution in [0.2, 0.25) is 0 Å². The number of amides is 4. The number of morpholine rings is 1. The summed E-state index contributed by atoms with van der Waals surface area (Å²) in [5.41, 5.74) is -0.802. The number of imide groups is 1. The van der Waals surface area contributed by atoms with E-state index < -0.39 is 40.0 Å². The van der Waals surface area contributed by atoms with Crippen molar-refractivity contribution in [3.05, 3.63) is 18.2 Å². The van der Waals surface area contributed by atoms with Gasteiger partial charge in [-0.15, -0.1) is 0 Å². The molecule has 3 fully saturated rings. The van der Waals surface area contributed by atoms with Crippen LogP contribution in [0.4, 0.5) is 10.5 Å². The van der Waals surface area contributed by atoms with Gasteiger partial charge in [-0.1, -0.05) is 6.92 Å². The number of urea groups is 1. The van der Waals surface area contributed by atoms with Crippen molar-refractivity contribution in [3.8, 4) is 5.75 Å². The Hall–Kier alpha value is -2.70. The summed E-state index contributed by atoms with van der Waals surface area (Å²) in [5, 5.41) is 5.38. The molecule has 4 amide bonds. The van der Waals surface area contributed by atoms with Gasteiger partial charge in [0, 0.05) is 13.1 Å². The molecule has 2 saturated heterocycles. The first-order chi connectivity index (χ1) is 16.2. The van der Waals surface area contributed by atoms with Gasteiger partial charge in [0.25, 0.3) is 5.91 Å². The largest absolute Gasteiger partial charge is 0.495 e. The molecule has 1 spiro atoms. The Bertz CT molecular complexity index is 1080. The lowest BCUT2D eigenvalue weighted by Crippen LogP contribution is -2.49. The Labute approximate surface area is 198 Å². The number of ether oxygens (including phenoxy) is 2. The molecule has 2 aliphatic heterocycles. The maximum absolute atomic E-state index is 13.0. The quantitative estimate of drug-likeness (QED) is 0.567. The average molecular weight is 495 g/mol. The van der Waals surface area contributed by atoms with Crippen molar-refractivity contribution in [2.75, 3.05) is 45.3 Å². The first-order valence-corrected chi connectivity index (χ1v) is 12.8. The first-order valence-electron chi connectivity index (χ1n) is 11.4. The highest BCUT2D eigenvalue weighted by Gasteiger charge is 2.52. The van der Waals surface area contributed by atoms with E-state index in [1.807, 2.05) is 0 Å². The van der Waals surface area contributed by atoms with E-state index in [1.54, 1.807) is 0 Å². The van der Waals surface area contributed by atoms with Gasteiger partial charge in [0.1, 0.15) is 17.8 Å². The van der Waals surface area contributed by atoms with Crippen LogP contribution in [0, 0.1) is 5.92 Å². The molecule has 0 radical (unpaired) electrons. The topological polar surface area (TPSA) is 134 Å². The van der Waals surface area contributed by atoms with Crippen molar-refractivity contribution in [2.24, 2.45) is 5.92 Å². The van der Waals surface area contributed by atoms with Crippen LogP contribution in [0.5, 0.6) is 5.75 Å². The molecule has 1 aromatic rings. The zero-order chi connectivity index (χ0) is 24.5. The maximum atomic E-state index is 13.0. The van der Waals surface area contributed by atoms with Crippen LogP contribution in [-0.2, 0) is 24.3 Å². The molecule has 11 nitrogen and oxygen atoms in total. The Balaban J connectivity index is 1.49. The SMILES string of the molecule is COc1ccc(S(=O)(=O)N2CCOCC2)cc1NC(=O)CN1C(=O)NC2(CCC(C)CC2)C1=O. The van der Waals surface area contributed by atoms with E-state index in [1.165, 1.54) is 29.6 Å². The fourth-order valence-corrected chi connectivity index (χ4v) is 6.06. The summed E-state index contributed by atoms with van der Waals surface area (Å²) >= 11 is 0. The standard InChI is InChI=1S/C22H30N4O7S/c1-15-5-7-22(8-6-15)20(28)26(21(29)24-22)14-19(27)23-17-13-16(3-4-18(17)32-2)34(30,31)25-9-11-33-12-10-25/h3-4,13,15H,5-12,14H2,1-2H3,(H,23,27)(H,24,29). The molecule has 1 aromatic carbocycles. The fourth-order valence-electron chi connectivity index (χ4n) is 4.63. The van der Waals surface area contributed by atoms with Gasteiger partial charge in [-0.2, -0.15) is 4.31 Å². The molecule has 0 bridgehead atoms. The second-order valence-corrected chi connectivity index (χ2v) is 11.0. The van der Waals surface area contributed by atoms with Gasteiger partial charge < -0.3 is 20.1 Å². The lowest BCUT2D eigenvalue weighted by molar-refractivity contribution is -0.135. The van der Waals surface area contributed by atoms with Gasteiger partial charge >= 0.3 is 6.03 Å². The number of nitrogens with zero attached hydrogens (tertiary/aromatic N) is 2. The minimum atomic E-state index is -3.79. The number of nitrogens with one attached hydrogen (secondary N) is 2. The first kappa shape index (κ1) is 24.4. The highest BCUT2D eigenvalue weighted by Crippen LogP contribution is 2.36. The minimum absolute atomic E-state index is 0.00392. The lowest BCUT2D eigenvalue weighted by atomic mass is 9.77. The molecule has 34 heavy (non-hydrogen) atoms. The lowest BCUT2D eigenvalue weighted by Gasteiger charge is -2.33. The van der Waals surface area contributed by atoms with E-state index in [-0.39, 0.29) is 29.4 Å². The highest BCUT2D eigenvalue weighted by atomic mass is 32.2. The van der Waals surface area contributed by atoms with Crippen LogP contribution in [-0.4, -0.2) is 81.0 Å². The van der Waals surface area contributed by atoms with Crippen molar-refractivity contribution in [1.29, 1.82) is 0 Å². The van der Waals surface area contributed by atoms with Crippen molar-refractivity contribution in [2.45, 2.75) is 43.0 Å². The van der Waals surface area contributed by atoms with Crippen LogP contribution >= 0.6 is 0 Å². The van der Waals surface area contributed by atoms with E-state index in [0.717, 1.165) is 17.7 Å². The Morgan fingerprint density at radius 1 is 1.24 bits per heavy atom. The molecule has 4 rings (SSSR count). The predicted octanol–water partition coefficient (Wildman–Crippen LogP) is 1.16. The smallest absolute Gasteiger partial charge is 0.325 e. The second kappa shape index (κ2) is 9.51. The molecule has 0 atom stereocenters. The zero-order valence-corrected chi connectivity index (χ0v) is 20.2. The summed E-state index contributed by atoms with van der Waals surface area (Å²) in [5.74, 6) is -0.288.